The van der Waals surface area contributed by atoms with Gasteiger partial charge in [-0.15, -0.1) is 0 Å². The highest BCUT2D eigenvalue weighted by atomic mass is 16.5. The van der Waals surface area contributed by atoms with E-state index in [4.69, 9.17) is 4.74 Å². The van der Waals surface area contributed by atoms with Gasteiger partial charge in [0, 0.05) is 23.9 Å². The molecule has 0 unspecified atom stereocenters. The Hall–Kier alpha value is -1.35. The number of rotatable bonds is 9. The number of nitrogens with zero attached hydrogens (tertiary/aromatic N) is 1. The second kappa shape index (κ2) is 9.73. The highest BCUT2D eigenvalue weighted by molar-refractivity contribution is 5.89. The third-order valence-electron chi connectivity index (χ3n) is 5.93. The SMILES string of the molecule is CCCCCCCCN1C(C)(C)CC(OC(=O)c2ccccc2)CC1(C)C. The molecule has 0 saturated carbocycles. The molecular weight excluding hydrogens is 334 g/mol. The van der Waals surface area contributed by atoms with E-state index < -0.39 is 0 Å². The van der Waals surface area contributed by atoms with E-state index in [0.717, 1.165) is 19.4 Å². The highest BCUT2D eigenvalue weighted by Crippen LogP contribution is 2.40. The van der Waals surface area contributed by atoms with Crippen molar-refractivity contribution in [3.05, 3.63) is 35.9 Å². The minimum absolute atomic E-state index is 0.0245. The Balaban J connectivity index is 1.91. The van der Waals surface area contributed by atoms with Gasteiger partial charge in [0.1, 0.15) is 6.10 Å². The van der Waals surface area contributed by atoms with Crippen LogP contribution in [0.4, 0.5) is 0 Å². The average molecular weight is 374 g/mol. The molecule has 1 aromatic carbocycles. The summed E-state index contributed by atoms with van der Waals surface area (Å²) in [4.78, 5) is 15.1. The standard InChI is InChI=1S/C24H39NO2/c1-6-7-8-9-10-14-17-25-23(2,3)18-21(19-24(25,4)5)27-22(26)20-15-12-11-13-16-20/h11-13,15-16,21H,6-10,14,17-19H2,1-5H3. The van der Waals surface area contributed by atoms with Crippen LogP contribution in [0.1, 0.15) is 96.3 Å². The van der Waals surface area contributed by atoms with Crippen LogP contribution >= 0.6 is 0 Å². The summed E-state index contributed by atoms with van der Waals surface area (Å²) in [6.07, 6.45) is 9.70. The van der Waals surface area contributed by atoms with Crippen LogP contribution in [-0.2, 0) is 4.74 Å². The lowest BCUT2D eigenvalue weighted by atomic mass is 9.78. The minimum atomic E-state index is -0.198. The number of hydrogen-bond donors (Lipinski definition) is 0. The van der Waals surface area contributed by atoms with Gasteiger partial charge in [-0.3, -0.25) is 4.90 Å². The molecule has 3 heteroatoms. The Morgan fingerprint density at radius 1 is 0.963 bits per heavy atom. The fourth-order valence-corrected chi connectivity index (χ4v) is 4.76. The molecule has 1 aromatic rings. The molecule has 152 valence electrons. The summed E-state index contributed by atoms with van der Waals surface area (Å²) in [5.41, 5.74) is 0.710. The number of hydrogen-bond acceptors (Lipinski definition) is 3. The maximum atomic E-state index is 12.5. The quantitative estimate of drug-likeness (QED) is 0.380. The zero-order valence-electron chi connectivity index (χ0n) is 18.1. The Kier molecular flexibility index (Phi) is 7.91. The van der Waals surface area contributed by atoms with Gasteiger partial charge in [-0.25, -0.2) is 4.79 Å². The number of benzene rings is 1. The second-order valence-corrected chi connectivity index (χ2v) is 9.35. The van der Waals surface area contributed by atoms with Crippen molar-refractivity contribution in [2.24, 2.45) is 0 Å². The molecule has 1 saturated heterocycles. The lowest BCUT2D eigenvalue weighted by molar-refractivity contribution is -0.0875. The van der Waals surface area contributed by atoms with E-state index in [1.165, 1.54) is 38.5 Å². The zero-order chi connectivity index (χ0) is 19.9. The van der Waals surface area contributed by atoms with Crippen molar-refractivity contribution in [3.63, 3.8) is 0 Å². The topological polar surface area (TPSA) is 29.5 Å². The van der Waals surface area contributed by atoms with Gasteiger partial charge in [-0.05, 0) is 52.8 Å². The molecule has 1 aliphatic rings. The van der Waals surface area contributed by atoms with E-state index in [2.05, 4.69) is 39.5 Å². The maximum Gasteiger partial charge on any atom is 0.338 e. The fourth-order valence-electron chi connectivity index (χ4n) is 4.76. The van der Waals surface area contributed by atoms with Crippen LogP contribution in [0.5, 0.6) is 0 Å². The molecule has 0 aliphatic carbocycles. The van der Waals surface area contributed by atoms with Crippen molar-refractivity contribution in [1.29, 1.82) is 0 Å². The van der Waals surface area contributed by atoms with Crippen LogP contribution in [-0.4, -0.2) is 34.6 Å². The lowest BCUT2D eigenvalue weighted by Crippen LogP contribution is -2.62. The summed E-state index contributed by atoms with van der Waals surface area (Å²) in [5.74, 6) is -0.198. The van der Waals surface area contributed by atoms with Crippen LogP contribution in [0.3, 0.4) is 0 Å². The molecule has 1 fully saturated rings. The molecule has 0 spiro atoms. The first-order chi connectivity index (χ1) is 12.8. The summed E-state index contributed by atoms with van der Waals surface area (Å²) in [7, 11) is 0. The number of likely N-dealkylation sites (tertiary alicyclic amines) is 1. The monoisotopic (exact) mass is 373 g/mol. The molecule has 2 rings (SSSR count). The molecule has 0 aromatic heterocycles. The van der Waals surface area contributed by atoms with Crippen LogP contribution in [0.25, 0.3) is 0 Å². The van der Waals surface area contributed by atoms with Crippen molar-refractivity contribution in [2.75, 3.05) is 6.54 Å². The Morgan fingerprint density at radius 3 is 2.11 bits per heavy atom. The first-order valence-corrected chi connectivity index (χ1v) is 10.8. The number of piperidine rings is 1. The molecule has 0 N–H and O–H groups in total. The van der Waals surface area contributed by atoms with Gasteiger partial charge in [-0.2, -0.15) is 0 Å². The van der Waals surface area contributed by atoms with E-state index >= 15 is 0 Å². The zero-order valence-corrected chi connectivity index (χ0v) is 18.1. The number of esters is 1. The largest absolute Gasteiger partial charge is 0.459 e. The molecule has 0 radical (unpaired) electrons. The summed E-state index contributed by atoms with van der Waals surface area (Å²) in [6, 6.07) is 9.34. The number of unbranched alkanes of at least 4 members (excludes halogenated alkanes) is 5. The van der Waals surface area contributed by atoms with E-state index in [0.29, 0.717) is 5.56 Å². The van der Waals surface area contributed by atoms with Crippen molar-refractivity contribution in [3.8, 4) is 0 Å². The third-order valence-corrected chi connectivity index (χ3v) is 5.93. The molecule has 0 bridgehead atoms. The normalized spacial score (nSPS) is 19.7. The van der Waals surface area contributed by atoms with E-state index in [1.54, 1.807) is 0 Å². The summed E-state index contributed by atoms with van der Waals surface area (Å²) < 4.78 is 5.90. The summed E-state index contributed by atoms with van der Waals surface area (Å²) in [6.45, 7) is 12.6. The second-order valence-electron chi connectivity index (χ2n) is 9.35. The Bertz CT molecular complexity index is 561. The van der Waals surface area contributed by atoms with E-state index in [1.807, 2.05) is 30.3 Å². The van der Waals surface area contributed by atoms with Crippen molar-refractivity contribution in [2.45, 2.75) is 103 Å². The van der Waals surface area contributed by atoms with Crippen LogP contribution in [0.2, 0.25) is 0 Å². The minimum Gasteiger partial charge on any atom is -0.459 e. The van der Waals surface area contributed by atoms with Crippen LogP contribution < -0.4 is 0 Å². The molecular formula is C24H39NO2. The number of carbonyl (C=O) groups is 1. The van der Waals surface area contributed by atoms with Gasteiger partial charge >= 0.3 is 5.97 Å². The highest BCUT2D eigenvalue weighted by Gasteiger charge is 2.46. The molecule has 27 heavy (non-hydrogen) atoms. The van der Waals surface area contributed by atoms with Crippen molar-refractivity contribution >= 4 is 5.97 Å². The van der Waals surface area contributed by atoms with Crippen molar-refractivity contribution < 1.29 is 9.53 Å². The van der Waals surface area contributed by atoms with Gasteiger partial charge in [-0.1, -0.05) is 57.2 Å². The first-order valence-electron chi connectivity index (χ1n) is 10.8. The van der Waals surface area contributed by atoms with E-state index in [9.17, 15) is 4.79 Å². The predicted molar refractivity (Wildman–Crippen MR) is 113 cm³/mol. The van der Waals surface area contributed by atoms with Gasteiger partial charge in [0.2, 0.25) is 0 Å². The van der Waals surface area contributed by atoms with Crippen molar-refractivity contribution in [1.82, 2.24) is 4.90 Å². The number of carbonyl (C=O) groups excluding carboxylic acids is 1. The molecule has 3 nitrogen and oxygen atoms in total. The molecule has 1 aliphatic heterocycles. The Morgan fingerprint density at radius 2 is 1.52 bits per heavy atom. The fraction of sp³-hybridized carbons (Fsp3) is 0.708. The van der Waals surface area contributed by atoms with Crippen LogP contribution in [0.15, 0.2) is 30.3 Å². The average Bonchev–Trinajstić information content (AvgIpc) is 2.59. The lowest BCUT2D eigenvalue weighted by Gasteiger charge is -2.55. The van der Waals surface area contributed by atoms with Gasteiger partial charge in [0.25, 0.3) is 0 Å². The Labute approximate surface area is 166 Å². The molecule has 1 heterocycles. The first kappa shape index (κ1) is 21.9. The smallest absolute Gasteiger partial charge is 0.338 e. The van der Waals surface area contributed by atoms with Crippen LogP contribution in [0, 0.1) is 0 Å². The third kappa shape index (κ3) is 6.34. The van der Waals surface area contributed by atoms with E-state index in [-0.39, 0.29) is 23.2 Å². The van der Waals surface area contributed by atoms with Gasteiger partial charge < -0.3 is 4.74 Å². The predicted octanol–water partition coefficient (Wildman–Crippen LogP) is 6.23. The summed E-state index contributed by atoms with van der Waals surface area (Å²) >= 11 is 0. The molecule has 0 atom stereocenters. The summed E-state index contributed by atoms with van der Waals surface area (Å²) in [5, 5.41) is 0. The number of ether oxygens (including phenoxy) is 1. The maximum absolute atomic E-state index is 12.5. The van der Waals surface area contributed by atoms with Gasteiger partial charge in [0.15, 0.2) is 0 Å². The molecule has 0 amide bonds. The van der Waals surface area contributed by atoms with Gasteiger partial charge in [0.05, 0.1) is 5.56 Å².